The molecule has 1 heteroatoms. The highest BCUT2D eigenvalue weighted by Crippen LogP contribution is 2.26. The molecule has 0 unspecified atom stereocenters. The molecule has 0 amide bonds. The van der Waals surface area contributed by atoms with Crippen LogP contribution in [0.15, 0.2) is 79.9 Å². The molecule has 0 heterocycles. The minimum absolute atomic E-state index is 1.09. The predicted molar refractivity (Wildman–Crippen MR) is 103 cm³/mol. The van der Waals surface area contributed by atoms with Gasteiger partial charge in [0.2, 0.25) is 0 Å². The summed E-state index contributed by atoms with van der Waals surface area (Å²) in [5.41, 5.74) is 0. The largest absolute Gasteiger partial charge is 0.103 e. The Labute approximate surface area is 133 Å². The maximum Gasteiger partial charge on any atom is 0.0918 e. The summed E-state index contributed by atoms with van der Waals surface area (Å²) in [7, 11) is -1.61. The second-order valence-electron chi connectivity index (χ2n) is 6.27. The highest BCUT2D eigenvalue weighted by atomic mass is 28.3. The molecule has 3 aromatic carbocycles. The van der Waals surface area contributed by atoms with E-state index in [1.807, 2.05) is 0 Å². The third-order valence-electron chi connectivity index (χ3n) is 4.59. The molecule has 0 bridgehead atoms. The van der Waals surface area contributed by atoms with Crippen molar-refractivity contribution in [1.29, 1.82) is 0 Å². The van der Waals surface area contributed by atoms with Crippen molar-refractivity contribution < 1.29 is 0 Å². The quantitative estimate of drug-likeness (QED) is 0.324. The molecular weight excluding hydrogens is 280 g/mol. The van der Waals surface area contributed by atoms with Gasteiger partial charge in [-0.05, 0) is 45.8 Å². The van der Waals surface area contributed by atoms with Crippen LogP contribution in [-0.4, -0.2) is 8.07 Å². The first kappa shape index (κ1) is 14.8. The van der Waals surface area contributed by atoms with Crippen LogP contribution in [0.4, 0.5) is 0 Å². The molecule has 0 radical (unpaired) electrons. The van der Waals surface area contributed by atoms with Crippen molar-refractivity contribution in [3.05, 3.63) is 79.9 Å². The van der Waals surface area contributed by atoms with E-state index >= 15 is 0 Å². The molecule has 0 aliphatic rings. The van der Waals surface area contributed by atoms with Gasteiger partial charge in [-0.3, -0.25) is 0 Å². The summed E-state index contributed by atoms with van der Waals surface area (Å²) in [6, 6.07) is 22.2. The van der Waals surface area contributed by atoms with Gasteiger partial charge in [0.15, 0.2) is 0 Å². The standard InChI is InChI=1S/C21H22Si/c1-4-13-22(3,14-5-2)21-12-8-11-19-15-17-9-6-7-10-18(17)16-20(19)21/h4-12,15-16H,1-2,13-14H2,3H3. The minimum Gasteiger partial charge on any atom is -0.103 e. The fraction of sp³-hybridized carbons (Fsp3) is 0.143. The molecule has 0 atom stereocenters. The fourth-order valence-corrected chi connectivity index (χ4v) is 6.68. The van der Waals surface area contributed by atoms with Crippen molar-refractivity contribution >= 4 is 34.8 Å². The average molecular weight is 302 g/mol. The number of benzene rings is 3. The number of rotatable bonds is 5. The zero-order chi connectivity index (χ0) is 15.6. The lowest BCUT2D eigenvalue weighted by atomic mass is 10.0. The Morgan fingerprint density at radius 2 is 1.41 bits per heavy atom. The SMILES string of the molecule is C=CC[Si](C)(CC=C)c1cccc2cc3ccccc3cc12. The van der Waals surface area contributed by atoms with E-state index in [0.29, 0.717) is 0 Å². The van der Waals surface area contributed by atoms with Crippen molar-refractivity contribution in [3.63, 3.8) is 0 Å². The number of fused-ring (bicyclic) bond motifs is 2. The molecule has 110 valence electrons. The topological polar surface area (TPSA) is 0 Å². The molecule has 0 N–H and O–H groups in total. The smallest absolute Gasteiger partial charge is 0.0918 e. The summed E-state index contributed by atoms with van der Waals surface area (Å²) in [5, 5.41) is 6.89. The normalized spacial score (nSPS) is 11.7. The van der Waals surface area contributed by atoms with Crippen LogP contribution in [-0.2, 0) is 0 Å². The van der Waals surface area contributed by atoms with Crippen LogP contribution in [0.25, 0.3) is 21.5 Å². The van der Waals surface area contributed by atoms with Gasteiger partial charge >= 0.3 is 0 Å². The van der Waals surface area contributed by atoms with Gasteiger partial charge in [-0.15, -0.1) is 13.2 Å². The van der Waals surface area contributed by atoms with Crippen molar-refractivity contribution in [2.24, 2.45) is 0 Å². The van der Waals surface area contributed by atoms with E-state index in [2.05, 4.69) is 86.5 Å². The van der Waals surface area contributed by atoms with Gasteiger partial charge in [-0.1, -0.05) is 66.4 Å². The van der Waals surface area contributed by atoms with Gasteiger partial charge < -0.3 is 0 Å². The van der Waals surface area contributed by atoms with Gasteiger partial charge in [-0.2, -0.15) is 0 Å². The van der Waals surface area contributed by atoms with E-state index in [0.717, 1.165) is 12.1 Å². The van der Waals surface area contributed by atoms with Crippen LogP contribution in [0.3, 0.4) is 0 Å². The molecule has 0 fully saturated rings. The Balaban J connectivity index is 2.30. The first-order valence-electron chi connectivity index (χ1n) is 7.82. The predicted octanol–water partition coefficient (Wildman–Crippen LogP) is 5.65. The van der Waals surface area contributed by atoms with Gasteiger partial charge in [0, 0.05) is 0 Å². The first-order chi connectivity index (χ1) is 10.7. The molecule has 0 spiro atoms. The van der Waals surface area contributed by atoms with E-state index < -0.39 is 8.07 Å². The lowest BCUT2D eigenvalue weighted by molar-refractivity contribution is 1.46. The maximum absolute atomic E-state index is 3.98. The Morgan fingerprint density at radius 3 is 2.05 bits per heavy atom. The van der Waals surface area contributed by atoms with Gasteiger partial charge in [0.1, 0.15) is 0 Å². The summed E-state index contributed by atoms with van der Waals surface area (Å²) in [6.45, 7) is 10.4. The van der Waals surface area contributed by atoms with Crippen molar-refractivity contribution in [2.75, 3.05) is 0 Å². The van der Waals surface area contributed by atoms with E-state index in [-0.39, 0.29) is 0 Å². The van der Waals surface area contributed by atoms with Crippen LogP contribution in [0.5, 0.6) is 0 Å². The lowest BCUT2D eigenvalue weighted by Crippen LogP contribution is -2.43. The summed E-state index contributed by atoms with van der Waals surface area (Å²) in [4.78, 5) is 0. The zero-order valence-electron chi connectivity index (χ0n) is 13.2. The average Bonchev–Trinajstić information content (AvgIpc) is 2.52. The van der Waals surface area contributed by atoms with E-state index in [1.165, 1.54) is 26.7 Å². The molecule has 0 saturated heterocycles. The fourth-order valence-electron chi connectivity index (χ4n) is 3.43. The van der Waals surface area contributed by atoms with Gasteiger partial charge in [0.05, 0.1) is 8.07 Å². The van der Waals surface area contributed by atoms with Crippen LogP contribution in [0.2, 0.25) is 18.6 Å². The molecule has 0 saturated carbocycles. The zero-order valence-corrected chi connectivity index (χ0v) is 14.2. The van der Waals surface area contributed by atoms with E-state index in [9.17, 15) is 0 Å². The molecule has 0 aliphatic carbocycles. The Hall–Kier alpha value is -2.12. The number of hydrogen-bond acceptors (Lipinski definition) is 0. The molecule has 0 aliphatic heterocycles. The molecule has 0 aromatic heterocycles. The second kappa shape index (κ2) is 5.94. The maximum atomic E-state index is 3.98. The highest BCUT2D eigenvalue weighted by Gasteiger charge is 2.28. The third-order valence-corrected chi connectivity index (χ3v) is 8.70. The molecule has 3 aromatic rings. The summed E-state index contributed by atoms with van der Waals surface area (Å²) < 4.78 is 0. The summed E-state index contributed by atoms with van der Waals surface area (Å²) >= 11 is 0. The summed E-state index contributed by atoms with van der Waals surface area (Å²) in [5.74, 6) is 0. The third kappa shape index (κ3) is 2.53. The van der Waals surface area contributed by atoms with Crippen molar-refractivity contribution in [1.82, 2.24) is 0 Å². The van der Waals surface area contributed by atoms with Crippen LogP contribution >= 0.6 is 0 Å². The van der Waals surface area contributed by atoms with Crippen molar-refractivity contribution in [2.45, 2.75) is 18.6 Å². The molecule has 22 heavy (non-hydrogen) atoms. The second-order valence-corrected chi connectivity index (χ2v) is 10.7. The molecule has 0 nitrogen and oxygen atoms in total. The van der Waals surface area contributed by atoms with Gasteiger partial charge in [0.25, 0.3) is 0 Å². The van der Waals surface area contributed by atoms with Crippen LogP contribution < -0.4 is 5.19 Å². The lowest BCUT2D eigenvalue weighted by Gasteiger charge is -2.27. The summed E-state index contributed by atoms with van der Waals surface area (Å²) in [6.07, 6.45) is 4.16. The molecular formula is C21H22Si. The Morgan fingerprint density at radius 1 is 0.818 bits per heavy atom. The number of hydrogen-bond donors (Lipinski definition) is 0. The van der Waals surface area contributed by atoms with Crippen molar-refractivity contribution in [3.8, 4) is 0 Å². The first-order valence-corrected chi connectivity index (χ1v) is 10.7. The molecule has 3 rings (SSSR count). The minimum atomic E-state index is -1.61. The monoisotopic (exact) mass is 302 g/mol. The number of allylic oxidation sites excluding steroid dienone is 2. The van der Waals surface area contributed by atoms with Crippen LogP contribution in [0, 0.1) is 0 Å². The highest BCUT2D eigenvalue weighted by molar-refractivity contribution is 6.93. The van der Waals surface area contributed by atoms with Crippen LogP contribution in [0.1, 0.15) is 0 Å². The van der Waals surface area contributed by atoms with E-state index in [4.69, 9.17) is 0 Å². The van der Waals surface area contributed by atoms with Gasteiger partial charge in [-0.25, -0.2) is 0 Å². The Bertz CT molecular complexity index is 835. The van der Waals surface area contributed by atoms with E-state index in [1.54, 1.807) is 0 Å². The Kier molecular flexibility index (Phi) is 3.99.